The van der Waals surface area contributed by atoms with Gasteiger partial charge in [-0.2, -0.15) is 5.10 Å². The Hall–Kier alpha value is -2.44. The Kier molecular flexibility index (Phi) is 2.86. The average Bonchev–Trinajstić information content (AvgIpc) is 2.99. The summed E-state index contributed by atoms with van der Waals surface area (Å²) in [6.07, 6.45) is 9.08. The van der Waals surface area contributed by atoms with Crippen LogP contribution in [0.15, 0.2) is 31.0 Å². The predicted octanol–water partition coefficient (Wildman–Crippen LogP) is 0.427. The van der Waals surface area contributed by atoms with E-state index < -0.39 is 0 Å². The minimum absolute atomic E-state index is 0.0404. The van der Waals surface area contributed by atoms with Gasteiger partial charge in [0, 0.05) is 32.2 Å². The summed E-state index contributed by atoms with van der Waals surface area (Å²) in [5.74, 6) is 0.660. The monoisotopic (exact) mass is 258 g/mol. The molecule has 0 radical (unpaired) electrons. The fourth-order valence-corrected chi connectivity index (χ4v) is 2.17. The van der Waals surface area contributed by atoms with E-state index >= 15 is 0 Å². The second-order valence-corrected chi connectivity index (χ2v) is 4.44. The van der Waals surface area contributed by atoms with Crippen LogP contribution >= 0.6 is 0 Å². The van der Waals surface area contributed by atoms with Gasteiger partial charge in [-0.1, -0.05) is 0 Å². The van der Waals surface area contributed by atoms with Gasteiger partial charge in [0.1, 0.15) is 11.9 Å². The highest BCUT2D eigenvalue weighted by Crippen LogP contribution is 2.22. The van der Waals surface area contributed by atoms with Crippen LogP contribution < -0.4 is 10.2 Å². The first-order valence-electron chi connectivity index (χ1n) is 6.06. The Morgan fingerprint density at radius 2 is 2.26 bits per heavy atom. The number of hydrogen-bond donors (Lipinski definition) is 1. The van der Waals surface area contributed by atoms with Crippen molar-refractivity contribution in [2.75, 3.05) is 16.8 Å². The lowest BCUT2D eigenvalue weighted by Gasteiger charge is -2.15. The van der Waals surface area contributed by atoms with Crippen molar-refractivity contribution < 1.29 is 4.79 Å². The van der Waals surface area contributed by atoms with Gasteiger partial charge in [0.25, 0.3) is 0 Å². The van der Waals surface area contributed by atoms with E-state index in [1.165, 1.54) is 0 Å². The maximum atomic E-state index is 12.3. The molecule has 0 bridgehead atoms. The molecule has 1 unspecified atom stereocenters. The summed E-state index contributed by atoms with van der Waals surface area (Å²) in [5, 5.41) is 7.19. The summed E-state index contributed by atoms with van der Waals surface area (Å²) in [6.45, 7) is 0.683. The number of carbonyl (C=O) groups excluding carboxylic acids is 1. The van der Waals surface area contributed by atoms with E-state index in [1.807, 2.05) is 13.2 Å². The first kappa shape index (κ1) is 11.6. The molecule has 0 spiro atoms. The third kappa shape index (κ3) is 2.26. The molecule has 1 atom stereocenters. The summed E-state index contributed by atoms with van der Waals surface area (Å²) in [5.41, 5.74) is 0.830. The van der Waals surface area contributed by atoms with Crippen molar-refractivity contribution in [3.8, 4) is 0 Å². The van der Waals surface area contributed by atoms with E-state index in [0.29, 0.717) is 12.4 Å². The van der Waals surface area contributed by atoms with Gasteiger partial charge in [-0.15, -0.1) is 0 Å². The van der Waals surface area contributed by atoms with Crippen LogP contribution in [0, 0.1) is 0 Å². The number of amides is 1. The van der Waals surface area contributed by atoms with Crippen LogP contribution in [0.5, 0.6) is 0 Å². The molecule has 7 nitrogen and oxygen atoms in total. The normalized spacial score (nSPS) is 18.9. The van der Waals surface area contributed by atoms with E-state index in [-0.39, 0.29) is 11.9 Å². The number of nitrogens with zero attached hydrogens (tertiary/aromatic N) is 5. The highest BCUT2D eigenvalue weighted by Gasteiger charge is 2.33. The first-order valence-corrected chi connectivity index (χ1v) is 6.06. The van der Waals surface area contributed by atoms with Crippen molar-refractivity contribution in [1.82, 2.24) is 19.7 Å². The third-order valence-corrected chi connectivity index (χ3v) is 3.09. The molecule has 3 rings (SSSR count). The molecule has 1 N–H and O–H groups in total. The van der Waals surface area contributed by atoms with Crippen LogP contribution in [0.3, 0.4) is 0 Å². The molecule has 2 aromatic heterocycles. The van der Waals surface area contributed by atoms with Crippen LogP contribution in [0.2, 0.25) is 0 Å². The summed E-state index contributed by atoms with van der Waals surface area (Å²) in [6, 6.07) is -0.253. The molecule has 1 aliphatic heterocycles. The van der Waals surface area contributed by atoms with Crippen LogP contribution in [0.4, 0.5) is 11.5 Å². The Bertz CT molecular complexity index is 581. The van der Waals surface area contributed by atoms with Gasteiger partial charge in [0.05, 0.1) is 18.1 Å². The number of carbonyl (C=O) groups is 1. The maximum Gasteiger partial charge on any atom is 0.249 e. The Balaban J connectivity index is 1.72. The van der Waals surface area contributed by atoms with Crippen LogP contribution in [-0.4, -0.2) is 38.2 Å². The molecule has 0 aromatic carbocycles. The third-order valence-electron chi connectivity index (χ3n) is 3.09. The zero-order valence-electron chi connectivity index (χ0n) is 10.5. The highest BCUT2D eigenvalue weighted by atomic mass is 16.2. The second-order valence-electron chi connectivity index (χ2n) is 4.44. The topological polar surface area (TPSA) is 75.9 Å². The SMILES string of the molecule is Cn1cc(N2CCC(Nc3cnccn3)C2=O)cn1. The van der Waals surface area contributed by atoms with Crippen molar-refractivity contribution in [1.29, 1.82) is 0 Å². The van der Waals surface area contributed by atoms with Crippen LogP contribution in [0.1, 0.15) is 6.42 Å². The Morgan fingerprint density at radius 3 is 2.95 bits per heavy atom. The molecule has 19 heavy (non-hydrogen) atoms. The highest BCUT2D eigenvalue weighted by molar-refractivity contribution is 6.00. The standard InChI is InChI=1S/C12H14N6O/c1-17-8-9(6-15-17)18-5-2-10(12(18)19)16-11-7-13-3-4-14-11/h3-4,6-8,10H,2,5H2,1H3,(H,14,16). The van der Waals surface area contributed by atoms with E-state index in [9.17, 15) is 4.79 Å². The lowest BCUT2D eigenvalue weighted by Crippen LogP contribution is -2.33. The lowest BCUT2D eigenvalue weighted by atomic mass is 10.2. The molecule has 1 fully saturated rings. The molecule has 1 saturated heterocycles. The number of aromatic nitrogens is 4. The van der Waals surface area contributed by atoms with Crippen LogP contribution in [-0.2, 0) is 11.8 Å². The van der Waals surface area contributed by atoms with Gasteiger partial charge >= 0.3 is 0 Å². The van der Waals surface area contributed by atoms with Gasteiger partial charge in [-0.05, 0) is 6.42 Å². The molecule has 0 aliphatic carbocycles. The van der Waals surface area contributed by atoms with Crippen molar-refractivity contribution in [2.45, 2.75) is 12.5 Å². The lowest BCUT2D eigenvalue weighted by molar-refractivity contribution is -0.117. The summed E-state index contributed by atoms with van der Waals surface area (Å²) in [7, 11) is 1.83. The first-order chi connectivity index (χ1) is 9.24. The van der Waals surface area contributed by atoms with Crippen molar-refractivity contribution >= 4 is 17.4 Å². The zero-order chi connectivity index (χ0) is 13.2. The summed E-state index contributed by atoms with van der Waals surface area (Å²) in [4.78, 5) is 22.1. The maximum absolute atomic E-state index is 12.3. The van der Waals surface area contributed by atoms with Crippen molar-refractivity contribution in [3.05, 3.63) is 31.0 Å². The quantitative estimate of drug-likeness (QED) is 0.864. The second kappa shape index (κ2) is 4.68. The number of hydrogen-bond acceptors (Lipinski definition) is 5. The van der Waals surface area contributed by atoms with E-state index in [1.54, 1.807) is 34.4 Å². The number of anilines is 2. The minimum Gasteiger partial charge on any atom is -0.357 e. The summed E-state index contributed by atoms with van der Waals surface area (Å²) >= 11 is 0. The zero-order valence-corrected chi connectivity index (χ0v) is 10.5. The van der Waals surface area contributed by atoms with Gasteiger partial charge in [0.2, 0.25) is 5.91 Å². The smallest absolute Gasteiger partial charge is 0.249 e. The van der Waals surface area contributed by atoms with Crippen LogP contribution in [0.25, 0.3) is 0 Å². The number of aryl methyl sites for hydroxylation is 1. The molecule has 7 heteroatoms. The molecule has 0 saturated carbocycles. The van der Waals surface area contributed by atoms with E-state index in [4.69, 9.17) is 0 Å². The number of nitrogens with one attached hydrogen (secondary N) is 1. The largest absolute Gasteiger partial charge is 0.357 e. The fourth-order valence-electron chi connectivity index (χ4n) is 2.17. The van der Waals surface area contributed by atoms with Crippen molar-refractivity contribution in [2.24, 2.45) is 7.05 Å². The molecule has 3 heterocycles. The Morgan fingerprint density at radius 1 is 1.37 bits per heavy atom. The van der Waals surface area contributed by atoms with Gasteiger partial charge in [-0.3, -0.25) is 14.5 Å². The van der Waals surface area contributed by atoms with Gasteiger partial charge in [0.15, 0.2) is 0 Å². The van der Waals surface area contributed by atoms with Gasteiger partial charge in [-0.25, -0.2) is 4.98 Å². The van der Waals surface area contributed by atoms with E-state index in [2.05, 4.69) is 20.4 Å². The molecular weight excluding hydrogens is 244 g/mol. The molecule has 98 valence electrons. The molecule has 1 aliphatic rings. The fraction of sp³-hybridized carbons (Fsp3) is 0.333. The predicted molar refractivity (Wildman–Crippen MR) is 69.6 cm³/mol. The molecule has 1 amide bonds. The van der Waals surface area contributed by atoms with Gasteiger partial charge < -0.3 is 10.2 Å². The minimum atomic E-state index is -0.253. The molecular formula is C12H14N6O. The Labute approximate surface area is 110 Å². The van der Waals surface area contributed by atoms with E-state index in [0.717, 1.165) is 12.1 Å². The average molecular weight is 258 g/mol. The van der Waals surface area contributed by atoms with Crippen molar-refractivity contribution in [3.63, 3.8) is 0 Å². The number of rotatable bonds is 3. The molecule has 2 aromatic rings. The summed E-state index contributed by atoms with van der Waals surface area (Å²) < 4.78 is 1.69.